The molecule has 2 atom stereocenters. The van der Waals surface area contributed by atoms with E-state index in [4.69, 9.17) is 20.7 Å². The maximum Gasteiger partial charge on any atom is 0.269 e. The van der Waals surface area contributed by atoms with Crippen molar-refractivity contribution in [1.29, 1.82) is 0 Å². The molecule has 0 radical (unpaired) electrons. The number of aromatic nitrogens is 5. The van der Waals surface area contributed by atoms with Gasteiger partial charge < -0.3 is 31.2 Å². The SMILES string of the molecule is CC(O)(C(=O)Nc1ccc2c(N)noc2c1)[C@H]1OCCN(c2ccn(-c3cnnc(C(N)=O)c3)n2)C1=O. The number of primary amides is 1. The smallest absolute Gasteiger partial charge is 0.269 e. The van der Waals surface area contributed by atoms with E-state index in [0.29, 0.717) is 22.3 Å². The molecule has 1 saturated heterocycles. The highest BCUT2D eigenvalue weighted by molar-refractivity contribution is 6.06. The van der Waals surface area contributed by atoms with Gasteiger partial charge in [-0.2, -0.15) is 5.10 Å². The van der Waals surface area contributed by atoms with Crippen molar-refractivity contribution in [3.8, 4) is 5.69 Å². The summed E-state index contributed by atoms with van der Waals surface area (Å²) >= 11 is 0. The number of ether oxygens (including phenoxy) is 1. The van der Waals surface area contributed by atoms with Crippen LogP contribution in [0.15, 0.2) is 47.2 Å². The summed E-state index contributed by atoms with van der Waals surface area (Å²) < 4.78 is 12.0. The number of nitrogens with one attached hydrogen (secondary N) is 1. The van der Waals surface area contributed by atoms with Crippen LogP contribution >= 0.6 is 0 Å². The molecule has 37 heavy (non-hydrogen) atoms. The van der Waals surface area contributed by atoms with Crippen LogP contribution in [0.5, 0.6) is 0 Å². The molecular formula is C22H21N9O6. The third-order valence-corrected chi connectivity index (χ3v) is 5.83. The average Bonchev–Trinajstić information content (AvgIpc) is 3.51. The van der Waals surface area contributed by atoms with Crippen LogP contribution in [-0.2, 0) is 14.3 Å². The first-order valence-corrected chi connectivity index (χ1v) is 11.0. The van der Waals surface area contributed by atoms with E-state index >= 15 is 0 Å². The molecule has 6 N–H and O–H groups in total. The minimum atomic E-state index is -2.24. The van der Waals surface area contributed by atoms with Crippen LogP contribution < -0.4 is 21.7 Å². The Kier molecular flexibility index (Phi) is 5.77. The third-order valence-electron chi connectivity index (χ3n) is 5.83. The second-order valence-corrected chi connectivity index (χ2v) is 8.40. The quantitative estimate of drug-likeness (QED) is 0.263. The van der Waals surface area contributed by atoms with Gasteiger partial charge in [-0.05, 0) is 25.1 Å². The van der Waals surface area contributed by atoms with E-state index in [1.54, 1.807) is 24.4 Å². The van der Waals surface area contributed by atoms with Gasteiger partial charge in [0.15, 0.2) is 34.6 Å². The van der Waals surface area contributed by atoms with Crippen molar-refractivity contribution in [2.24, 2.45) is 5.73 Å². The predicted molar refractivity (Wildman–Crippen MR) is 127 cm³/mol. The van der Waals surface area contributed by atoms with Crippen molar-refractivity contribution in [3.63, 3.8) is 0 Å². The molecule has 0 aliphatic carbocycles. The maximum atomic E-state index is 13.3. The van der Waals surface area contributed by atoms with Gasteiger partial charge in [0.25, 0.3) is 17.7 Å². The van der Waals surface area contributed by atoms with Crippen LogP contribution in [0.3, 0.4) is 0 Å². The standard InChI is InChI=1S/C22H21N9O6/c1-22(35,21(34)26-11-2-3-13-15(8-11)37-29-18(13)23)17-20(33)30(6-7-36-17)16-4-5-31(28-16)12-9-14(19(24)32)27-25-10-12/h2-5,8-10,17,35H,6-7H2,1H3,(H2,23,29)(H2,24,32)(H,26,34)/t17-,22?/m0/s1. The molecule has 190 valence electrons. The average molecular weight is 507 g/mol. The lowest BCUT2D eigenvalue weighted by Gasteiger charge is -2.37. The first-order chi connectivity index (χ1) is 17.6. The monoisotopic (exact) mass is 507 g/mol. The number of hydrogen-bond acceptors (Lipinski definition) is 11. The number of carbonyl (C=O) groups is 3. The Balaban J connectivity index is 1.34. The van der Waals surface area contributed by atoms with E-state index in [1.807, 2.05) is 0 Å². The molecule has 1 aliphatic heterocycles. The molecule has 15 nitrogen and oxygen atoms in total. The molecule has 3 aromatic heterocycles. The Labute approximate surface area is 208 Å². The number of nitrogen functional groups attached to an aromatic ring is 1. The fourth-order valence-corrected chi connectivity index (χ4v) is 3.83. The lowest BCUT2D eigenvalue weighted by molar-refractivity contribution is -0.165. The molecule has 4 heterocycles. The summed E-state index contributed by atoms with van der Waals surface area (Å²) in [7, 11) is 0. The van der Waals surface area contributed by atoms with Crippen LogP contribution in [0.25, 0.3) is 16.7 Å². The number of carbonyl (C=O) groups excluding carboxylic acids is 3. The predicted octanol–water partition coefficient (Wildman–Crippen LogP) is -0.394. The largest absolute Gasteiger partial charge is 0.380 e. The number of rotatable bonds is 6. The molecule has 15 heteroatoms. The summed E-state index contributed by atoms with van der Waals surface area (Å²) in [4.78, 5) is 39.0. The Bertz CT molecular complexity index is 1530. The van der Waals surface area contributed by atoms with Gasteiger partial charge in [0.05, 0.1) is 30.4 Å². The second kappa shape index (κ2) is 8.96. The van der Waals surface area contributed by atoms with E-state index in [9.17, 15) is 19.5 Å². The van der Waals surface area contributed by atoms with Crippen LogP contribution in [0.4, 0.5) is 17.3 Å². The molecule has 0 bridgehead atoms. The minimum absolute atomic E-state index is 0.0403. The van der Waals surface area contributed by atoms with Gasteiger partial charge in [-0.1, -0.05) is 5.16 Å². The summed E-state index contributed by atoms with van der Waals surface area (Å²) in [6.07, 6.45) is 1.40. The van der Waals surface area contributed by atoms with Crippen molar-refractivity contribution >= 4 is 46.0 Å². The summed E-state index contributed by atoms with van der Waals surface area (Å²) in [5.74, 6) is -1.84. The van der Waals surface area contributed by atoms with Crippen molar-refractivity contribution in [1.82, 2.24) is 25.1 Å². The van der Waals surface area contributed by atoms with E-state index in [0.717, 1.165) is 0 Å². The van der Waals surface area contributed by atoms with Crippen molar-refractivity contribution in [2.75, 3.05) is 29.1 Å². The van der Waals surface area contributed by atoms with Crippen molar-refractivity contribution < 1.29 is 28.8 Å². The Hall–Kier alpha value is -4.89. The summed E-state index contributed by atoms with van der Waals surface area (Å²) in [5.41, 5.74) is 9.70. The van der Waals surface area contributed by atoms with Gasteiger partial charge in [-0.25, -0.2) is 4.68 Å². The number of fused-ring (bicyclic) bond motifs is 1. The highest BCUT2D eigenvalue weighted by Crippen LogP contribution is 2.27. The van der Waals surface area contributed by atoms with Gasteiger partial charge in [0, 0.05) is 24.0 Å². The molecular weight excluding hydrogens is 486 g/mol. The summed E-state index contributed by atoms with van der Waals surface area (Å²) in [6, 6.07) is 7.61. The van der Waals surface area contributed by atoms with Gasteiger partial charge in [0.2, 0.25) is 0 Å². The lowest BCUT2D eigenvalue weighted by Crippen LogP contribution is -2.61. The van der Waals surface area contributed by atoms with Crippen LogP contribution in [0, 0.1) is 0 Å². The molecule has 1 fully saturated rings. The van der Waals surface area contributed by atoms with Crippen molar-refractivity contribution in [2.45, 2.75) is 18.6 Å². The molecule has 0 spiro atoms. The van der Waals surface area contributed by atoms with Gasteiger partial charge in [-0.15, -0.1) is 10.2 Å². The van der Waals surface area contributed by atoms with Crippen LogP contribution in [0.1, 0.15) is 17.4 Å². The number of anilines is 3. The maximum absolute atomic E-state index is 13.3. The first kappa shape index (κ1) is 23.8. The van der Waals surface area contributed by atoms with Gasteiger partial charge in [0.1, 0.15) is 0 Å². The normalized spacial score (nSPS) is 17.5. The van der Waals surface area contributed by atoms with Gasteiger partial charge >= 0.3 is 0 Å². The third kappa shape index (κ3) is 4.32. The number of benzene rings is 1. The fourth-order valence-electron chi connectivity index (χ4n) is 3.83. The Morgan fingerprint density at radius 2 is 2.08 bits per heavy atom. The van der Waals surface area contributed by atoms with Gasteiger partial charge in [-0.3, -0.25) is 19.3 Å². The van der Waals surface area contributed by atoms with E-state index in [-0.39, 0.29) is 30.5 Å². The lowest BCUT2D eigenvalue weighted by atomic mass is 9.95. The Morgan fingerprint density at radius 3 is 2.86 bits per heavy atom. The summed E-state index contributed by atoms with van der Waals surface area (Å²) in [6.45, 7) is 1.36. The number of nitrogens with two attached hydrogens (primary N) is 2. The highest BCUT2D eigenvalue weighted by atomic mass is 16.5. The number of hydrogen-bond donors (Lipinski definition) is 4. The molecule has 3 amide bonds. The van der Waals surface area contributed by atoms with Crippen LogP contribution in [-0.4, -0.2) is 72.8 Å². The van der Waals surface area contributed by atoms with E-state index in [2.05, 4.69) is 25.8 Å². The topological polar surface area (TPSA) is 218 Å². The highest BCUT2D eigenvalue weighted by Gasteiger charge is 2.49. The second-order valence-electron chi connectivity index (χ2n) is 8.40. The zero-order valence-electron chi connectivity index (χ0n) is 19.4. The Morgan fingerprint density at radius 1 is 1.27 bits per heavy atom. The zero-order valence-corrected chi connectivity index (χ0v) is 19.4. The number of morpholine rings is 1. The number of aliphatic hydroxyl groups is 1. The summed E-state index contributed by atoms with van der Waals surface area (Å²) in [5, 5.41) is 29.6. The first-order valence-electron chi connectivity index (χ1n) is 11.0. The number of amides is 3. The molecule has 5 rings (SSSR count). The zero-order chi connectivity index (χ0) is 26.3. The van der Waals surface area contributed by atoms with Crippen LogP contribution in [0.2, 0.25) is 0 Å². The van der Waals surface area contributed by atoms with E-state index < -0.39 is 29.4 Å². The fraction of sp³-hybridized carbons (Fsp3) is 0.227. The minimum Gasteiger partial charge on any atom is -0.380 e. The molecule has 0 saturated carbocycles. The molecule has 1 unspecified atom stereocenters. The molecule has 4 aromatic rings. The number of nitrogens with zero attached hydrogens (tertiary/aromatic N) is 6. The van der Waals surface area contributed by atoms with E-state index in [1.165, 1.54) is 34.8 Å². The molecule has 1 aliphatic rings. The molecule has 1 aromatic carbocycles. The van der Waals surface area contributed by atoms with Crippen molar-refractivity contribution in [3.05, 3.63) is 48.4 Å².